The summed E-state index contributed by atoms with van der Waals surface area (Å²) in [6.45, 7) is 1.20. The second-order valence-electron chi connectivity index (χ2n) is 7.76. The number of hydrogen-bond acceptors (Lipinski definition) is 4. The van der Waals surface area contributed by atoms with Crippen molar-refractivity contribution in [1.82, 2.24) is 9.62 Å². The summed E-state index contributed by atoms with van der Waals surface area (Å²) in [5.41, 5.74) is 1.59. The van der Waals surface area contributed by atoms with Crippen LogP contribution in [0, 0.1) is 5.92 Å². The molecule has 11 heteroatoms. The van der Waals surface area contributed by atoms with Gasteiger partial charge in [0.15, 0.2) is 0 Å². The fourth-order valence-electron chi connectivity index (χ4n) is 3.54. The van der Waals surface area contributed by atoms with E-state index in [1.54, 1.807) is 36.0 Å². The normalized spacial score (nSPS) is 15.5. The Morgan fingerprint density at radius 2 is 1.73 bits per heavy atom. The van der Waals surface area contributed by atoms with Gasteiger partial charge < -0.3 is 5.32 Å². The van der Waals surface area contributed by atoms with Crippen LogP contribution in [0.3, 0.4) is 0 Å². The van der Waals surface area contributed by atoms with Crippen LogP contribution >= 0.6 is 58.2 Å². The molecule has 2 aromatic rings. The van der Waals surface area contributed by atoms with E-state index in [4.69, 9.17) is 46.4 Å². The number of nitrogens with zero attached hydrogens (tertiary/aromatic N) is 1. The van der Waals surface area contributed by atoms with Gasteiger partial charge in [0.25, 0.3) is 0 Å². The molecule has 1 aliphatic rings. The molecule has 0 spiro atoms. The molecule has 1 amide bonds. The first-order chi connectivity index (χ1) is 15.7. The van der Waals surface area contributed by atoms with Gasteiger partial charge >= 0.3 is 0 Å². The molecular formula is C22H24Cl4N2O3S2. The summed E-state index contributed by atoms with van der Waals surface area (Å²) in [6.07, 6.45) is 1.000. The predicted molar refractivity (Wildman–Crippen MR) is 139 cm³/mol. The molecule has 5 nitrogen and oxygen atoms in total. The van der Waals surface area contributed by atoms with Gasteiger partial charge in [-0.2, -0.15) is 11.8 Å². The van der Waals surface area contributed by atoms with Crippen molar-refractivity contribution in [2.24, 2.45) is 5.92 Å². The van der Waals surface area contributed by atoms with Crippen molar-refractivity contribution < 1.29 is 13.2 Å². The molecule has 0 atom stereocenters. The maximum absolute atomic E-state index is 12.8. The molecular weight excluding hydrogens is 546 g/mol. The van der Waals surface area contributed by atoms with E-state index in [1.165, 1.54) is 4.31 Å². The Hall–Kier alpha value is -0.670. The average molecular weight is 570 g/mol. The second-order valence-corrected chi connectivity index (χ2v) is 12.5. The molecule has 0 unspecified atom stereocenters. The number of thioether (sulfide) groups is 1. The Balaban J connectivity index is 1.38. The predicted octanol–water partition coefficient (Wildman–Crippen LogP) is 5.89. The molecule has 180 valence electrons. The highest BCUT2D eigenvalue weighted by atomic mass is 35.5. The number of carbonyl (C=O) groups is 1. The Bertz CT molecular complexity index is 1090. The summed E-state index contributed by atoms with van der Waals surface area (Å²) in [5, 5.41) is 4.92. The Morgan fingerprint density at radius 1 is 1.00 bits per heavy atom. The van der Waals surface area contributed by atoms with Gasteiger partial charge in [0, 0.05) is 47.1 Å². The van der Waals surface area contributed by atoms with E-state index >= 15 is 0 Å². The largest absolute Gasteiger partial charge is 0.355 e. The molecule has 0 bridgehead atoms. The SMILES string of the molecule is O=C(NCCSCc1ccc(Cl)cc1Cl)C1CCN(S(=O)(=O)Cc2ccc(Cl)c(Cl)c2)CC1. The van der Waals surface area contributed by atoms with Crippen LogP contribution in [0.4, 0.5) is 0 Å². The van der Waals surface area contributed by atoms with Crippen molar-refractivity contribution >= 4 is 74.1 Å². The number of piperidine rings is 1. The highest BCUT2D eigenvalue weighted by molar-refractivity contribution is 7.98. The standard InChI is InChI=1S/C22H24Cl4N2O3S2/c23-18-3-2-17(20(25)12-18)13-32-10-7-27-22(29)16-5-8-28(9-6-16)33(30,31)14-15-1-4-19(24)21(26)11-15/h1-4,11-12,16H,5-10,13-14H2,(H,27,29). The van der Waals surface area contributed by atoms with Gasteiger partial charge in [0.2, 0.25) is 15.9 Å². The first-order valence-electron chi connectivity index (χ1n) is 10.4. The molecule has 1 aliphatic heterocycles. The lowest BCUT2D eigenvalue weighted by Crippen LogP contribution is -2.43. The number of nitrogens with one attached hydrogen (secondary N) is 1. The van der Waals surface area contributed by atoms with Crippen molar-refractivity contribution in [3.63, 3.8) is 0 Å². The third kappa shape index (κ3) is 7.92. The summed E-state index contributed by atoms with van der Waals surface area (Å²) < 4.78 is 27.0. The zero-order valence-corrected chi connectivity index (χ0v) is 22.4. The van der Waals surface area contributed by atoms with Crippen molar-refractivity contribution in [3.05, 3.63) is 67.6 Å². The summed E-state index contributed by atoms with van der Waals surface area (Å²) in [5.74, 6) is 1.14. The second kappa shape index (κ2) is 12.3. The zero-order valence-electron chi connectivity index (χ0n) is 17.7. The highest BCUT2D eigenvalue weighted by Gasteiger charge is 2.31. The molecule has 0 saturated carbocycles. The fraction of sp³-hybridized carbons (Fsp3) is 0.409. The Morgan fingerprint density at radius 3 is 2.39 bits per heavy atom. The van der Waals surface area contributed by atoms with Crippen LogP contribution in [-0.4, -0.2) is 44.0 Å². The van der Waals surface area contributed by atoms with E-state index in [0.717, 1.165) is 17.1 Å². The van der Waals surface area contributed by atoms with Gasteiger partial charge in [0.05, 0.1) is 15.8 Å². The molecule has 1 saturated heterocycles. The topological polar surface area (TPSA) is 66.5 Å². The molecule has 33 heavy (non-hydrogen) atoms. The number of sulfonamides is 1. The number of halogens is 4. The van der Waals surface area contributed by atoms with Gasteiger partial charge in [-0.15, -0.1) is 0 Å². The van der Waals surface area contributed by atoms with Crippen LogP contribution in [0.2, 0.25) is 20.1 Å². The summed E-state index contributed by atoms with van der Waals surface area (Å²) in [6, 6.07) is 10.2. The maximum Gasteiger partial charge on any atom is 0.223 e. The van der Waals surface area contributed by atoms with E-state index in [2.05, 4.69) is 5.32 Å². The van der Waals surface area contributed by atoms with E-state index in [1.807, 2.05) is 12.1 Å². The third-order valence-electron chi connectivity index (χ3n) is 5.37. The lowest BCUT2D eigenvalue weighted by molar-refractivity contribution is -0.125. The highest BCUT2D eigenvalue weighted by Crippen LogP contribution is 2.27. The number of benzene rings is 2. The quantitative estimate of drug-likeness (QED) is 0.382. The van der Waals surface area contributed by atoms with Gasteiger partial charge in [-0.3, -0.25) is 4.79 Å². The van der Waals surface area contributed by atoms with Crippen molar-refractivity contribution in [2.45, 2.75) is 24.3 Å². The fourth-order valence-corrected chi connectivity index (χ4v) is 6.83. The first kappa shape index (κ1) is 26.9. The molecule has 0 aromatic heterocycles. The number of rotatable bonds is 9. The minimum atomic E-state index is -3.49. The number of carbonyl (C=O) groups excluding carboxylic acids is 1. The average Bonchev–Trinajstić information content (AvgIpc) is 2.77. The van der Waals surface area contributed by atoms with Gasteiger partial charge in [-0.25, -0.2) is 12.7 Å². The Kier molecular flexibility index (Phi) is 10.1. The Labute approximate surface area is 219 Å². The summed E-state index contributed by atoms with van der Waals surface area (Å²) in [4.78, 5) is 12.5. The van der Waals surface area contributed by atoms with Gasteiger partial charge in [0.1, 0.15) is 0 Å². The van der Waals surface area contributed by atoms with E-state index in [0.29, 0.717) is 58.1 Å². The number of hydrogen-bond donors (Lipinski definition) is 1. The lowest BCUT2D eigenvalue weighted by Gasteiger charge is -2.30. The van der Waals surface area contributed by atoms with E-state index in [9.17, 15) is 13.2 Å². The van der Waals surface area contributed by atoms with Crippen LogP contribution in [-0.2, 0) is 26.3 Å². The van der Waals surface area contributed by atoms with Crippen LogP contribution < -0.4 is 5.32 Å². The molecule has 0 aliphatic carbocycles. The molecule has 1 N–H and O–H groups in total. The van der Waals surface area contributed by atoms with E-state index in [-0.39, 0.29) is 17.6 Å². The van der Waals surface area contributed by atoms with Crippen LogP contribution in [0.15, 0.2) is 36.4 Å². The van der Waals surface area contributed by atoms with Crippen LogP contribution in [0.1, 0.15) is 24.0 Å². The zero-order chi connectivity index (χ0) is 24.0. The van der Waals surface area contributed by atoms with Gasteiger partial charge in [-0.1, -0.05) is 58.5 Å². The monoisotopic (exact) mass is 568 g/mol. The van der Waals surface area contributed by atoms with E-state index < -0.39 is 10.0 Å². The molecule has 3 rings (SSSR count). The van der Waals surface area contributed by atoms with Crippen molar-refractivity contribution in [1.29, 1.82) is 0 Å². The van der Waals surface area contributed by atoms with Crippen LogP contribution in [0.25, 0.3) is 0 Å². The molecule has 1 heterocycles. The summed E-state index contributed by atoms with van der Waals surface area (Å²) in [7, 11) is -3.49. The van der Waals surface area contributed by atoms with Crippen molar-refractivity contribution in [2.75, 3.05) is 25.4 Å². The first-order valence-corrected chi connectivity index (χ1v) is 14.6. The minimum absolute atomic E-state index is 0.0262. The number of amides is 1. The minimum Gasteiger partial charge on any atom is -0.355 e. The molecule has 2 aromatic carbocycles. The maximum atomic E-state index is 12.8. The van der Waals surface area contributed by atoms with Crippen LogP contribution in [0.5, 0.6) is 0 Å². The molecule has 1 fully saturated rings. The smallest absolute Gasteiger partial charge is 0.223 e. The van der Waals surface area contributed by atoms with Crippen molar-refractivity contribution in [3.8, 4) is 0 Å². The van der Waals surface area contributed by atoms with Gasteiger partial charge in [-0.05, 0) is 48.2 Å². The lowest BCUT2D eigenvalue weighted by atomic mass is 9.97. The molecule has 0 radical (unpaired) electrons. The third-order valence-corrected chi connectivity index (χ3v) is 9.55. The summed E-state index contributed by atoms with van der Waals surface area (Å²) >= 11 is 25.6.